The van der Waals surface area contributed by atoms with Crippen LogP contribution in [0.4, 0.5) is 5.82 Å². The highest BCUT2D eigenvalue weighted by Gasteiger charge is 2.27. The van der Waals surface area contributed by atoms with Crippen LogP contribution in [0.5, 0.6) is 5.75 Å². The van der Waals surface area contributed by atoms with E-state index >= 15 is 0 Å². The molecule has 2 atom stereocenters. The van der Waals surface area contributed by atoms with Crippen molar-refractivity contribution in [3.05, 3.63) is 18.3 Å². The van der Waals surface area contributed by atoms with Crippen LogP contribution >= 0.6 is 0 Å². The number of nitrogens with zero attached hydrogens (tertiary/aromatic N) is 2. The molecule has 4 nitrogen and oxygen atoms in total. The fourth-order valence-electron chi connectivity index (χ4n) is 2.45. The first kappa shape index (κ1) is 12.2. The lowest BCUT2D eigenvalue weighted by Gasteiger charge is -2.37. The summed E-state index contributed by atoms with van der Waals surface area (Å²) < 4.78 is 5.36. The summed E-state index contributed by atoms with van der Waals surface area (Å²) in [4.78, 5) is 6.72. The van der Waals surface area contributed by atoms with E-state index in [1.165, 1.54) is 0 Å². The Kier molecular flexibility index (Phi) is 3.84. The van der Waals surface area contributed by atoms with Crippen molar-refractivity contribution in [2.45, 2.75) is 25.8 Å². The number of hydrogen-bond acceptors (Lipinski definition) is 4. The van der Waals surface area contributed by atoms with Crippen molar-refractivity contribution < 1.29 is 4.74 Å². The first-order chi connectivity index (χ1) is 8.26. The van der Waals surface area contributed by atoms with E-state index in [1.54, 1.807) is 7.11 Å². The van der Waals surface area contributed by atoms with Gasteiger partial charge in [-0.2, -0.15) is 0 Å². The van der Waals surface area contributed by atoms with Gasteiger partial charge in [0.2, 0.25) is 0 Å². The molecule has 1 aromatic heterocycles. The van der Waals surface area contributed by atoms with Crippen LogP contribution in [0.3, 0.4) is 0 Å². The molecule has 1 fully saturated rings. The van der Waals surface area contributed by atoms with Crippen LogP contribution in [0.1, 0.15) is 19.8 Å². The van der Waals surface area contributed by atoms with Crippen LogP contribution in [-0.4, -0.2) is 31.2 Å². The predicted octanol–water partition coefficient (Wildman–Crippen LogP) is 1.65. The zero-order chi connectivity index (χ0) is 12.3. The number of methoxy groups -OCH3 is 1. The second-order valence-corrected chi connectivity index (χ2v) is 4.60. The molecule has 4 heteroatoms. The number of rotatable bonds is 3. The Bertz CT molecular complexity index is 369. The molecule has 1 aromatic rings. The lowest BCUT2D eigenvalue weighted by molar-refractivity contribution is 0.342. The molecule has 2 N–H and O–H groups in total. The molecule has 0 spiro atoms. The third kappa shape index (κ3) is 2.52. The molecule has 0 bridgehead atoms. The molecule has 94 valence electrons. The lowest BCUT2D eigenvalue weighted by atomic mass is 9.91. The molecule has 2 heterocycles. The van der Waals surface area contributed by atoms with Gasteiger partial charge in [-0.05, 0) is 24.5 Å². The van der Waals surface area contributed by atoms with Crippen molar-refractivity contribution >= 4 is 5.82 Å². The van der Waals surface area contributed by atoms with E-state index in [0.717, 1.165) is 37.5 Å². The van der Waals surface area contributed by atoms with Crippen molar-refractivity contribution in [2.24, 2.45) is 11.7 Å². The molecule has 0 saturated carbocycles. The van der Waals surface area contributed by atoms with E-state index in [-0.39, 0.29) is 0 Å². The molecule has 2 unspecified atom stereocenters. The Hall–Kier alpha value is -1.29. The second kappa shape index (κ2) is 5.36. The molecular formula is C13H21N3O. The van der Waals surface area contributed by atoms with Gasteiger partial charge in [0.1, 0.15) is 0 Å². The number of piperidine rings is 1. The Morgan fingerprint density at radius 3 is 3.12 bits per heavy atom. The van der Waals surface area contributed by atoms with Crippen LogP contribution in [0, 0.1) is 5.92 Å². The molecule has 1 aliphatic heterocycles. The topological polar surface area (TPSA) is 51.4 Å². The minimum atomic E-state index is 0.325. The Labute approximate surface area is 103 Å². The SMILES string of the molecule is CCC1CN(c2ncccc2OC)CCC1N. The van der Waals surface area contributed by atoms with Gasteiger partial charge < -0.3 is 15.4 Å². The maximum atomic E-state index is 6.12. The van der Waals surface area contributed by atoms with Gasteiger partial charge in [-0.25, -0.2) is 4.98 Å². The zero-order valence-corrected chi connectivity index (χ0v) is 10.6. The molecule has 17 heavy (non-hydrogen) atoms. The minimum Gasteiger partial charge on any atom is -0.493 e. The Balaban J connectivity index is 2.17. The first-order valence-corrected chi connectivity index (χ1v) is 6.25. The predicted molar refractivity (Wildman–Crippen MR) is 69.4 cm³/mol. The van der Waals surface area contributed by atoms with E-state index in [4.69, 9.17) is 10.5 Å². The number of anilines is 1. The lowest BCUT2D eigenvalue weighted by Crippen LogP contribution is -2.47. The minimum absolute atomic E-state index is 0.325. The smallest absolute Gasteiger partial charge is 0.171 e. The second-order valence-electron chi connectivity index (χ2n) is 4.60. The Morgan fingerprint density at radius 1 is 1.59 bits per heavy atom. The summed E-state index contributed by atoms with van der Waals surface area (Å²) in [6, 6.07) is 4.18. The van der Waals surface area contributed by atoms with Crippen molar-refractivity contribution in [2.75, 3.05) is 25.1 Å². The van der Waals surface area contributed by atoms with E-state index in [1.807, 2.05) is 18.3 Å². The first-order valence-electron chi connectivity index (χ1n) is 6.25. The van der Waals surface area contributed by atoms with Crippen LogP contribution in [-0.2, 0) is 0 Å². The molecule has 2 rings (SSSR count). The van der Waals surface area contributed by atoms with Gasteiger partial charge >= 0.3 is 0 Å². The maximum Gasteiger partial charge on any atom is 0.171 e. The van der Waals surface area contributed by atoms with Gasteiger partial charge in [-0.1, -0.05) is 13.3 Å². The van der Waals surface area contributed by atoms with E-state index in [9.17, 15) is 0 Å². The average Bonchev–Trinajstić information content (AvgIpc) is 2.39. The summed E-state index contributed by atoms with van der Waals surface area (Å²) in [5.41, 5.74) is 6.12. The number of aromatic nitrogens is 1. The fraction of sp³-hybridized carbons (Fsp3) is 0.615. The van der Waals surface area contributed by atoms with Crippen molar-refractivity contribution in [3.8, 4) is 5.75 Å². The van der Waals surface area contributed by atoms with Gasteiger partial charge in [0, 0.05) is 25.3 Å². The van der Waals surface area contributed by atoms with Gasteiger partial charge in [0.25, 0.3) is 0 Å². The van der Waals surface area contributed by atoms with Crippen molar-refractivity contribution in [1.82, 2.24) is 4.98 Å². The van der Waals surface area contributed by atoms with Crippen LogP contribution in [0.2, 0.25) is 0 Å². The van der Waals surface area contributed by atoms with Gasteiger partial charge in [-0.3, -0.25) is 0 Å². The molecule has 0 amide bonds. The van der Waals surface area contributed by atoms with Crippen molar-refractivity contribution in [1.29, 1.82) is 0 Å². The highest BCUT2D eigenvalue weighted by atomic mass is 16.5. The number of nitrogens with two attached hydrogens (primary N) is 1. The normalized spacial score (nSPS) is 24.8. The number of pyridine rings is 1. The largest absolute Gasteiger partial charge is 0.493 e. The Morgan fingerprint density at radius 2 is 2.41 bits per heavy atom. The summed E-state index contributed by atoms with van der Waals surface area (Å²) in [6.07, 6.45) is 3.96. The molecule has 0 radical (unpaired) electrons. The summed E-state index contributed by atoms with van der Waals surface area (Å²) in [7, 11) is 1.69. The highest BCUT2D eigenvalue weighted by Crippen LogP contribution is 2.29. The molecule has 0 aromatic carbocycles. The zero-order valence-electron chi connectivity index (χ0n) is 10.6. The highest BCUT2D eigenvalue weighted by molar-refractivity contribution is 5.52. The molecule has 0 aliphatic carbocycles. The third-order valence-corrected chi connectivity index (χ3v) is 3.59. The molecular weight excluding hydrogens is 214 g/mol. The van der Waals surface area contributed by atoms with Crippen LogP contribution in [0.25, 0.3) is 0 Å². The summed E-state index contributed by atoms with van der Waals surface area (Å²) >= 11 is 0. The fourth-order valence-corrected chi connectivity index (χ4v) is 2.45. The molecule has 1 aliphatic rings. The van der Waals surface area contributed by atoms with Crippen LogP contribution < -0.4 is 15.4 Å². The quantitative estimate of drug-likeness (QED) is 0.865. The van der Waals surface area contributed by atoms with Gasteiger partial charge in [0.15, 0.2) is 11.6 Å². The number of ether oxygens (including phenoxy) is 1. The van der Waals surface area contributed by atoms with Gasteiger partial charge in [0.05, 0.1) is 7.11 Å². The van der Waals surface area contributed by atoms with Crippen LogP contribution in [0.15, 0.2) is 18.3 Å². The summed E-state index contributed by atoms with van der Waals surface area (Å²) in [5.74, 6) is 2.34. The average molecular weight is 235 g/mol. The van der Waals surface area contributed by atoms with Crippen molar-refractivity contribution in [3.63, 3.8) is 0 Å². The monoisotopic (exact) mass is 235 g/mol. The van der Waals surface area contributed by atoms with E-state index in [2.05, 4.69) is 16.8 Å². The third-order valence-electron chi connectivity index (χ3n) is 3.59. The molecule has 1 saturated heterocycles. The number of hydrogen-bond donors (Lipinski definition) is 1. The standard InChI is InChI=1S/C13H21N3O/c1-3-10-9-16(8-6-11(10)14)13-12(17-2)5-4-7-15-13/h4-5,7,10-11H,3,6,8-9,14H2,1-2H3. The van der Waals surface area contributed by atoms with E-state index in [0.29, 0.717) is 12.0 Å². The van der Waals surface area contributed by atoms with Gasteiger partial charge in [-0.15, -0.1) is 0 Å². The van der Waals surface area contributed by atoms with E-state index < -0.39 is 0 Å². The summed E-state index contributed by atoms with van der Waals surface area (Å²) in [5, 5.41) is 0. The maximum absolute atomic E-state index is 6.12. The summed E-state index contributed by atoms with van der Waals surface area (Å²) in [6.45, 7) is 4.14.